The molecular formula is C17H27NO2. The van der Waals surface area contributed by atoms with E-state index in [1.54, 1.807) is 6.07 Å². The number of benzene rings is 1. The van der Waals surface area contributed by atoms with Crippen LogP contribution in [0.5, 0.6) is 11.5 Å². The molecule has 1 unspecified atom stereocenters. The molecule has 0 amide bonds. The molecule has 1 aromatic carbocycles. The fourth-order valence-electron chi connectivity index (χ4n) is 2.93. The second-order valence-electron chi connectivity index (χ2n) is 6.69. The van der Waals surface area contributed by atoms with Crippen molar-refractivity contribution < 1.29 is 9.84 Å². The Kier molecular flexibility index (Phi) is 4.92. The Morgan fingerprint density at radius 1 is 1.35 bits per heavy atom. The lowest BCUT2D eigenvalue weighted by Crippen LogP contribution is -2.15. The van der Waals surface area contributed by atoms with Gasteiger partial charge in [0.15, 0.2) is 11.5 Å². The second-order valence-corrected chi connectivity index (χ2v) is 6.69. The van der Waals surface area contributed by atoms with E-state index in [4.69, 9.17) is 10.5 Å². The highest BCUT2D eigenvalue weighted by molar-refractivity contribution is 5.42. The van der Waals surface area contributed by atoms with E-state index in [-0.39, 0.29) is 11.9 Å². The van der Waals surface area contributed by atoms with Gasteiger partial charge in [-0.15, -0.1) is 0 Å². The maximum absolute atomic E-state index is 9.95. The van der Waals surface area contributed by atoms with Crippen molar-refractivity contribution in [1.29, 1.82) is 0 Å². The van der Waals surface area contributed by atoms with Crippen molar-refractivity contribution in [2.75, 3.05) is 6.54 Å². The molecule has 2 rings (SSSR count). The molecule has 3 nitrogen and oxygen atoms in total. The lowest BCUT2D eigenvalue weighted by atomic mass is 9.92. The molecule has 3 heteroatoms. The van der Waals surface area contributed by atoms with Gasteiger partial charge in [-0.25, -0.2) is 0 Å². The van der Waals surface area contributed by atoms with Gasteiger partial charge in [0.25, 0.3) is 0 Å². The maximum atomic E-state index is 9.95. The molecule has 1 fully saturated rings. The topological polar surface area (TPSA) is 55.5 Å². The van der Waals surface area contributed by atoms with Crippen LogP contribution in [0.25, 0.3) is 0 Å². The number of aryl methyl sites for hydroxylation is 1. The third-order valence-electron chi connectivity index (χ3n) is 4.16. The van der Waals surface area contributed by atoms with Gasteiger partial charge in [-0.3, -0.25) is 0 Å². The number of phenols is 1. The quantitative estimate of drug-likeness (QED) is 0.781. The Balaban J connectivity index is 1.98. The number of rotatable bonds is 6. The average Bonchev–Trinajstić information content (AvgIpc) is 2.73. The molecule has 0 saturated heterocycles. The van der Waals surface area contributed by atoms with Crippen LogP contribution in [0, 0.1) is 5.41 Å². The fourth-order valence-corrected chi connectivity index (χ4v) is 2.93. The van der Waals surface area contributed by atoms with Gasteiger partial charge in [-0.05, 0) is 68.2 Å². The van der Waals surface area contributed by atoms with Gasteiger partial charge in [-0.2, -0.15) is 0 Å². The number of ether oxygens (including phenoxy) is 1. The molecule has 0 heterocycles. The number of phenolic OH excluding ortho intramolecular Hbond substituents is 1. The van der Waals surface area contributed by atoms with E-state index in [2.05, 4.69) is 13.8 Å². The lowest BCUT2D eigenvalue weighted by molar-refractivity contribution is 0.186. The summed E-state index contributed by atoms with van der Waals surface area (Å²) >= 11 is 0. The predicted molar refractivity (Wildman–Crippen MR) is 82.1 cm³/mol. The van der Waals surface area contributed by atoms with Crippen molar-refractivity contribution in [3.05, 3.63) is 23.8 Å². The normalized spacial score (nSPS) is 21.1. The van der Waals surface area contributed by atoms with E-state index in [0.717, 1.165) is 38.6 Å². The lowest BCUT2D eigenvalue weighted by Gasteiger charge is -2.19. The third kappa shape index (κ3) is 4.14. The molecule has 112 valence electrons. The second kappa shape index (κ2) is 6.49. The largest absolute Gasteiger partial charge is 0.504 e. The molecule has 0 spiro atoms. The van der Waals surface area contributed by atoms with Crippen molar-refractivity contribution in [1.82, 2.24) is 0 Å². The van der Waals surface area contributed by atoms with Crippen LogP contribution in [0.15, 0.2) is 18.2 Å². The fraction of sp³-hybridized carbons (Fsp3) is 0.647. The molecule has 1 aliphatic carbocycles. The summed E-state index contributed by atoms with van der Waals surface area (Å²) in [6.07, 6.45) is 6.66. The van der Waals surface area contributed by atoms with Crippen molar-refractivity contribution in [3.8, 4) is 11.5 Å². The first kappa shape index (κ1) is 15.2. The predicted octanol–water partition coefficient (Wildman–Crippen LogP) is 3.63. The Morgan fingerprint density at radius 3 is 2.80 bits per heavy atom. The summed E-state index contributed by atoms with van der Waals surface area (Å²) in [6.45, 7) is 5.29. The zero-order chi connectivity index (χ0) is 14.6. The first-order valence-corrected chi connectivity index (χ1v) is 7.69. The van der Waals surface area contributed by atoms with E-state index in [0.29, 0.717) is 11.2 Å². The van der Waals surface area contributed by atoms with E-state index in [1.807, 2.05) is 12.1 Å². The smallest absolute Gasteiger partial charge is 0.161 e. The molecule has 0 bridgehead atoms. The molecule has 1 saturated carbocycles. The van der Waals surface area contributed by atoms with Crippen molar-refractivity contribution in [2.24, 2.45) is 11.1 Å². The highest BCUT2D eigenvalue weighted by Gasteiger charge is 2.32. The summed E-state index contributed by atoms with van der Waals surface area (Å²) in [6, 6.07) is 5.70. The van der Waals surface area contributed by atoms with Gasteiger partial charge in [0.2, 0.25) is 0 Å². The number of aromatic hydroxyl groups is 1. The highest BCUT2D eigenvalue weighted by atomic mass is 16.5. The zero-order valence-electron chi connectivity index (χ0n) is 12.7. The molecule has 0 aromatic heterocycles. The third-order valence-corrected chi connectivity index (χ3v) is 4.16. The van der Waals surface area contributed by atoms with Gasteiger partial charge in [0.1, 0.15) is 0 Å². The van der Waals surface area contributed by atoms with Crippen LogP contribution < -0.4 is 10.5 Å². The summed E-state index contributed by atoms with van der Waals surface area (Å²) < 4.78 is 6.01. The molecular weight excluding hydrogens is 250 g/mol. The first-order chi connectivity index (χ1) is 9.50. The number of unbranched alkanes of at least 4 members (excludes halogenated alkanes) is 1. The molecule has 0 radical (unpaired) electrons. The van der Waals surface area contributed by atoms with E-state index in [9.17, 15) is 5.11 Å². The minimum atomic E-state index is 0.232. The van der Waals surface area contributed by atoms with Crippen LogP contribution in [0.1, 0.15) is 51.5 Å². The monoisotopic (exact) mass is 277 g/mol. The van der Waals surface area contributed by atoms with Crippen LogP contribution in [0.4, 0.5) is 0 Å². The molecule has 1 aliphatic rings. The number of hydrogen-bond donors (Lipinski definition) is 2. The highest BCUT2D eigenvalue weighted by Crippen LogP contribution is 2.40. The number of nitrogens with two attached hydrogens (primary N) is 1. The molecule has 1 aromatic rings. The Hall–Kier alpha value is -1.22. The van der Waals surface area contributed by atoms with Crippen LogP contribution in [-0.2, 0) is 6.42 Å². The average molecular weight is 277 g/mol. The van der Waals surface area contributed by atoms with Crippen LogP contribution >= 0.6 is 0 Å². The summed E-state index contributed by atoms with van der Waals surface area (Å²) in [7, 11) is 0. The maximum Gasteiger partial charge on any atom is 0.161 e. The Labute approximate surface area is 122 Å². The molecule has 0 aliphatic heterocycles. The van der Waals surface area contributed by atoms with Crippen molar-refractivity contribution in [2.45, 2.75) is 58.5 Å². The van der Waals surface area contributed by atoms with Gasteiger partial charge in [-0.1, -0.05) is 19.9 Å². The van der Waals surface area contributed by atoms with E-state index in [1.165, 1.54) is 12.0 Å². The van der Waals surface area contributed by atoms with E-state index >= 15 is 0 Å². The minimum Gasteiger partial charge on any atom is -0.504 e. The summed E-state index contributed by atoms with van der Waals surface area (Å²) in [5.74, 6) is 0.884. The standard InChI is InChI=1S/C17H27NO2/c1-17(2)9-8-14(12-17)20-16-11-13(5-3-4-10-18)6-7-15(16)19/h6-7,11,14,19H,3-5,8-10,12,18H2,1-2H3. The number of hydrogen-bond acceptors (Lipinski definition) is 3. The van der Waals surface area contributed by atoms with Crippen LogP contribution in [-0.4, -0.2) is 17.8 Å². The Bertz CT molecular complexity index is 443. The van der Waals surface area contributed by atoms with Gasteiger partial charge >= 0.3 is 0 Å². The van der Waals surface area contributed by atoms with Crippen molar-refractivity contribution in [3.63, 3.8) is 0 Å². The van der Waals surface area contributed by atoms with Crippen LogP contribution in [0.3, 0.4) is 0 Å². The van der Waals surface area contributed by atoms with Crippen LogP contribution in [0.2, 0.25) is 0 Å². The minimum absolute atomic E-state index is 0.232. The van der Waals surface area contributed by atoms with Gasteiger partial charge in [0.05, 0.1) is 6.10 Å². The first-order valence-electron chi connectivity index (χ1n) is 7.69. The van der Waals surface area contributed by atoms with E-state index < -0.39 is 0 Å². The van der Waals surface area contributed by atoms with Gasteiger partial charge in [0, 0.05) is 0 Å². The summed E-state index contributed by atoms with van der Waals surface area (Å²) in [4.78, 5) is 0. The SMILES string of the molecule is CC1(C)CCC(Oc2cc(CCCCN)ccc2O)C1. The van der Waals surface area contributed by atoms with Crippen molar-refractivity contribution >= 4 is 0 Å². The van der Waals surface area contributed by atoms with Gasteiger partial charge < -0.3 is 15.6 Å². The molecule has 20 heavy (non-hydrogen) atoms. The Morgan fingerprint density at radius 2 is 2.15 bits per heavy atom. The molecule has 1 atom stereocenters. The zero-order valence-corrected chi connectivity index (χ0v) is 12.7. The summed E-state index contributed by atoms with van der Waals surface area (Å²) in [5, 5.41) is 9.95. The summed E-state index contributed by atoms with van der Waals surface area (Å²) in [5.41, 5.74) is 7.09. The molecule has 3 N–H and O–H groups in total.